The molecule has 1 heterocycles. The van der Waals surface area contributed by atoms with Crippen molar-refractivity contribution in [2.45, 2.75) is 6.42 Å². The maximum Gasteiger partial charge on any atom is 0.466 e. The van der Waals surface area contributed by atoms with Crippen molar-refractivity contribution in [3.05, 3.63) is 48.0 Å². The molecule has 0 aromatic heterocycles. The Morgan fingerprint density at radius 3 is 2.12 bits per heavy atom. The Morgan fingerprint density at radius 2 is 1.58 bits per heavy atom. The third kappa shape index (κ3) is 10.9. The molecule has 1 aliphatic rings. The minimum absolute atomic E-state index is 0.917. The lowest BCUT2D eigenvalue weighted by molar-refractivity contribution is 0.275. The summed E-state index contributed by atoms with van der Waals surface area (Å²) in [7, 11) is -9.31. The molecule has 2 aromatic rings. The van der Waals surface area contributed by atoms with Crippen LogP contribution in [0.4, 0.5) is 0 Å². The number of nitrogens with zero attached hydrogens (tertiary/aromatic N) is 1. The Labute approximate surface area is 150 Å². The lowest BCUT2D eigenvalue weighted by Crippen LogP contribution is -2.20. The molecule has 0 radical (unpaired) electrons. The molecular formula is C14H19N2O8PS. The second kappa shape index (κ2) is 9.74. The van der Waals surface area contributed by atoms with Crippen molar-refractivity contribution in [1.29, 1.82) is 0 Å². The first-order valence-corrected chi connectivity index (χ1v) is 10.1. The van der Waals surface area contributed by atoms with E-state index in [9.17, 15) is 0 Å². The van der Waals surface area contributed by atoms with Crippen LogP contribution in [0.2, 0.25) is 0 Å². The van der Waals surface area contributed by atoms with Gasteiger partial charge in [0.2, 0.25) is 0 Å². The van der Waals surface area contributed by atoms with E-state index in [2.05, 4.69) is 52.8 Å². The topological polar surface area (TPSA) is 177 Å². The van der Waals surface area contributed by atoms with E-state index < -0.39 is 18.2 Å². The monoisotopic (exact) mass is 406 g/mol. The van der Waals surface area contributed by atoms with E-state index in [0.717, 1.165) is 25.3 Å². The summed E-state index contributed by atoms with van der Waals surface area (Å²) < 4.78 is 40.5. The summed E-state index contributed by atoms with van der Waals surface area (Å²) in [5, 5.41) is 5.96. The number of amidine groups is 1. The van der Waals surface area contributed by atoms with Gasteiger partial charge in [-0.3, -0.25) is 14.1 Å². The molecule has 2 aromatic carbocycles. The standard InChI is InChI=1S/C14H14N2.H3O4P.H2O4S/c1-2-7-13-11(4-1)5-3-6-12(13)10-14-15-8-9-16-14;2*1-5(2,3)4/h1-7H,8-10H2,(H,15,16);(H3,1,2,3,4);(H2,1,2,3,4). The SMILES string of the molecule is O=P(O)(O)O.O=S(=O)(O)O.c1ccc2c(CC3=NCCN3)cccc2c1. The average Bonchev–Trinajstić information content (AvgIpc) is 2.97. The molecule has 0 bridgehead atoms. The molecular weight excluding hydrogens is 387 g/mol. The highest BCUT2D eigenvalue weighted by Gasteiger charge is 2.07. The van der Waals surface area contributed by atoms with Crippen LogP contribution in [0.5, 0.6) is 0 Å². The lowest BCUT2D eigenvalue weighted by atomic mass is 10.0. The summed E-state index contributed by atoms with van der Waals surface area (Å²) >= 11 is 0. The van der Waals surface area contributed by atoms with Crippen molar-refractivity contribution in [3.63, 3.8) is 0 Å². The zero-order chi connectivity index (χ0) is 19.8. The van der Waals surface area contributed by atoms with E-state index in [-0.39, 0.29) is 0 Å². The number of rotatable bonds is 2. The Kier molecular flexibility index (Phi) is 8.31. The Balaban J connectivity index is 0.000000284. The number of hydrogen-bond acceptors (Lipinski definition) is 5. The molecule has 3 rings (SSSR count). The van der Waals surface area contributed by atoms with Crippen molar-refractivity contribution in [2.24, 2.45) is 4.99 Å². The number of nitrogens with one attached hydrogen (secondary N) is 1. The van der Waals surface area contributed by atoms with Gasteiger partial charge in [-0.2, -0.15) is 8.42 Å². The van der Waals surface area contributed by atoms with Crippen molar-refractivity contribution in [2.75, 3.05) is 13.1 Å². The fourth-order valence-corrected chi connectivity index (χ4v) is 2.19. The molecule has 0 aliphatic carbocycles. The summed E-state index contributed by atoms with van der Waals surface area (Å²) in [6.07, 6.45) is 0.918. The highest BCUT2D eigenvalue weighted by Crippen LogP contribution is 2.25. The molecule has 0 spiro atoms. The Hall–Kier alpha value is -1.85. The molecule has 0 saturated carbocycles. The highest BCUT2D eigenvalue weighted by atomic mass is 32.3. The molecule has 12 heteroatoms. The number of phosphoric acid groups is 1. The van der Waals surface area contributed by atoms with Crippen LogP contribution in [-0.2, 0) is 21.4 Å². The number of hydrogen-bond donors (Lipinski definition) is 6. The number of fused-ring (bicyclic) bond motifs is 1. The molecule has 0 atom stereocenters. The van der Waals surface area contributed by atoms with Gasteiger partial charge in [0.25, 0.3) is 0 Å². The highest BCUT2D eigenvalue weighted by molar-refractivity contribution is 7.79. The first-order chi connectivity index (χ1) is 11.9. The quantitative estimate of drug-likeness (QED) is 0.311. The lowest BCUT2D eigenvalue weighted by Gasteiger charge is -2.06. The maximum atomic E-state index is 8.88. The van der Waals surface area contributed by atoms with E-state index in [0.29, 0.717) is 0 Å². The number of aliphatic imine (C=N–C) groups is 1. The van der Waals surface area contributed by atoms with Gasteiger partial charge in [0.05, 0.1) is 6.54 Å². The van der Waals surface area contributed by atoms with E-state index in [1.807, 2.05) is 0 Å². The van der Waals surface area contributed by atoms with Crippen LogP contribution in [0.1, 0.15) is 5.56 Å². The molecule has 144 valence electrons. The fraction of sp³-hybridized carbons (Fsp3) is 0.214. The summed E-state index contributed by atoms with van der Waals surface area (Å²) in [4.78, 5) is 26.0. The minimum Gasteiger partial charge on any atom is -0.372 e. The molecule has 26 heavy (non-hydrogen) atoms. The summed E-state index contributed by atoms with van der Waals surface area (Å²) in [5.74, 6) is 1.12. The Bertz CT molecular complexity index is 889. The van der Waals surface area contributed by atoms with Gasteiger partial charge < -0.3 is 20.0 Å². The first-order valence-electron chi connectivity index (χ1n) is 7.15. The molecule has 0 fully saturated rings. The van der Waals surface area contributed by atoms with Crippen LogP contribution in [0.3, 0.4) is 0 Å². The number of benzene rings is 2. The van der Waals surface area contributed by atoms with E-state index in [1.54, 1.807) is 0 Å². The van der Waals surface area contributed by atoms with E-state index in [4.69, 9.17) is 36.8 Å². The zero-order valence-corrected chi connectivity index (χ0v) is 15.1. The van der Waals surface area contributed by atoms with Gasteiger partial charge in [0.15, 0.2) is 0 Å². The minimum atomic E-state index is -4.67. The second-order valence-corrected chi connectivity index (χ2v) is 6.95. The van der Waals surface area contributed by atoms with Crippen molar-refractivity contribution >= 4 is 34.8 Å². The summed E-state index contributed by atoms with van der Waals surface area (Å²) in [6, 6.07) is 15.0. The van der Waals surface area contributed by atoms with Crippen LogP contribution in [0, 0.1) is 0 Å². The van der Waals surface area contributed by atoms with E-state index >= 15 is 0 Å². The molecule has 0 unspecified atom stereocenters. The normalized spacial score (nSPS) is 13.7. The van der Waals surface area contributed by atoms with Gasteiger partial charge in [-0.25, -0.2) is 4.57 Å². The zero-order valence-electron chi connectivity index (χ0n) is 13.4. The molecule has 6 N–H and O–H groups in total. The first kappa shape index (κ1) is 22.2. The molecule has 10 nitrogen and oxygen atoms in total. The van der Waals surface area contributed by atoms with Crippen LogP contribution in [0.15, 0.2) is 47.5 Å². The maximum absolute atomic E-state index is 8.88. The van der Waals surface area contributed by atoms with Gasteiger partial charge in [0.1, 0.15) is 5.84 Å². The van der Waals surface area contributed by atoms with E-state index in [1.165, 1.54) is 16.3 Å². The molecule has 0 amide bonds. The van der Waals surface area contributed by atoms with Gasteiger partial charge >= 0.3 is 18.2 Å². The van der Waals surface area contributed by atoms with Gasteiger partial charge in [-0.1, -0.05) is 42.5 Å². The summed E-state index contributed by atoms with van der Waals surface area (Å²) in [6.45, 7) is 1.90. The summed E-state index contributed by atoms with van der Waals surface area (Å²) in [5.41, 5.74) is 1.35. The third-order valence-electron chi connectivity index (χ3n) is 2.98. The van der Waals surface area contributed by atoms with Gasteiger partial charge in [-0.15, -0.1) is 0 Å². The van der Waals surface area contributed by atoms with Crippen LogP contribution < -0.4 is 5.32 Å². The predicted molar refractivity (Wildman–Crippen MR) is 96.4 cm³/mol. The van der Waals surface area contributed by atoms with Crippen molar-refractivity contribution < 1.29 is 36.8 Å². The van der Waals surface area contributed by atoms with Crippen LogP contribution in [0.25, 0.3) is 10.8 Å². The predicted octanol–water partition coefficient (Wildman–Crippen LogP) is 0.803. The average molecular weight is 406 g/mol. The van der Waals surface area contributed by atoms with Crippen LogP contribution >= 0.6 is 7.82 Å². The largest absolute Gasteiger partial charge is 0.466 e. The van der Waals surface area contributed by atoms with Gasteiger partial charge in [-0.05, 0) is 16.3 Å². The van der Waals surface area contributed by atoms with Crippen LogP contribution in [-0.4, -0.2) is 51.1 Å². The smallest absolute Gasteiger partial charge is 0.372 e. The second-order valence-electron chi connectivity index (χ2n) is 5.03. The third-order valence-corrected chi connectivity index (χ3v) is 2.98. The van der Waals surface area contributed by atoms with Gasteiger partial charge in [0, 0.05) is 13.0 Å². The molecule has 1 aliphatic heterocycles. The van der Waals surface area contributed by atoms with Crippen molar-refractivity contribution in [3.8, 4) is 0 Å². The molecule has 0 saturated heterocycles. The fourth-order valence-electron chi connectivity index (χ4n) is 2.19. The van der Waals surface area contributed by atoms with Crippen molar-refractivity contribution in [1.82, 2.24) is 5.32 Å². The Morgan fingerprint density at radius 1 is 1.04 bits per heavy atom.